The summed E-state index contributed by atoms with van der Waals surface area (Å²) < 4.78 is 14.7. The van der Waals surface area contributed by atoms with Gasteiger partial charge in [-0.1, -0.05) is 12.1 Å². The molecule has 1 rings (SSSR count). The summed E-state index contributed by atoms with van der Waals surface area (Å²) in [4.78, 5) is 23.8. The molecule has 0 aliphatic rings. The molecule has 0 fully saturated rings. The third-order valence-electron chi connectivity index (χ3n) is 2.93. The van der Waals surface area contributed by atoms with E-state index in [9.17, 15) is 9.59 Å². The Kier molecular flexibility index (Phi) is 4.92. The number of rotatable bonds is 5. The molecule has 5 heteroatoms. The van der Waals surface area contributed by atoms with E-state index in [0.29, 0.717) is 17.9 Å². The van der Waals surface area contributed by atoms with Crippen LogP contribution < -0.4 is 4.74 Å². The highest BCUT2D eigenvalue weighted by molar-refractivity contribution is 6.05. The van der Waals surface area contributed by atoms with Crippen molar-refractivity contribution in [2.24, 2.45) is 0 Å². The first-order valence-electron chi connectivity index (χ1n) is 5.90. The van der Waals surface area contributed by atoms with Gasteiger partial charge >= 0.3 is 11.9 Å². The van der Waals surface area contributed by atoms with Gasteiger partial charge in [-0.3, -0.25) is 9.59 Å². The summed E-state index contributed by atoms with van der Waals surface area (Å²) in [6.07, 6.45) is 0. The first-order valence-corrected chi connectivity index (χ1v) is 5.90. The normalized spacial score (nSPS) is 10.7. The molecule has 0 aromatic heterocycles. The van der Waals surface area contributed by atoms with Gasteiger partial charge in [0.05, 0.1) is 20.8 Å². The maximum absolute atomic E-state index is 11.9. The lowest BCUT2D eigenvalue weighted by Crippen LogP contribution is -2.42. The van der Waals surface area contributed by atoms with Gasteiger partial charge < -0.3 is 14.2 Å². The maximum atomic E-state index is 11.9. The Balaban J connectivity index is 3.18. The number of esters is 2. The zero-order chi connectivity index (χ0) is 14.5. The smallest absolute Gasteiger partial charge is 0.327 e. The first-order chi connectivity index (χ1) is 9.00. The van der Waals surface area contributed by atoms with Crippen LogP contribution in [0.15, 0.2) is 24.3 Å². The molecule has 0 amide bonds. The zero-order valence-corrected chi connectivity index (χ0v) is 11.6. The molecule has 19 heavy (non-hydrogen) atoms. The summed E-state index contributed by atoms with van der Waals surface area (Å²) in [6.45, 7) is 3.89. The van der Waals surface area contributed by atoms with E-state index in [0.717, 1.165) is 0 Å². The minimum Gasteiger partial charge on any atom is -0.494 e. The quantitative estimate of drug-likeness (QED) is 0.599. The van der Waals surface area contributed by atoms with Gasteiger partial charge in [-0.2, -0.15) is 0 Å². The molecule has 0 heterocycles. The summed E-state index contributed by atoms with van der Waals surface area (Å²) in [5, 5.41) is 0. The summed E-state index contributed by atoms with van der Waals surface area (Å²) in [5.74, 6) is -0.657. The molecule has 1 aromatic rings. The van der Waals surface area contributed by atoms with E-state index in [1.54, 1.807) is 24.3 Å². The van der Waals surface area contributed by atoms with Gasteiger partial charge in [0.1, 0.15) is 5.75 Å². The zero-order valence-electron chi connectivity index (χ0n) is 11.6. The molecule has 0 atom stereocenters. The van der Waals surface area contributed by atoms with Crippen LogP contribution in [-0.4, -0.2) is 32.8 Å². The van der Waals surface area contributed by atoms with Gasteiger partial charge in [-0.05, 0) is 31.5 Å². The van der Waals surface area contributed by atoms with E-state index in [1.807, 2.05) is 6.92 Å². The van der Waals surface area contributed by atoms with Gasteiger partial charge in [0, 0.05) is 0 Å². The van der Waals surface area contributed by atoms with Crippen LogP contribution in [0.1, 0.15) is 19.4 Å². The van der Waals surface area contributed by atoms with E-state index in [-0.39, 0.29) is 0 Å². The van der Waals surface area contributed by atoms with Crippen LogP contribution in [0.2, 0.25) is 0 Å². The molecule has 0 saturated heterocycles. The molecule has 0 unspecified atom stereocenters. The topological polar surface area (TPSA) is 61.8 Å². The van der Waals surface area contributed by atoms with Gasteiger partial charge in [-0.15, -0.1) is 0 Å². The van der Waals surface area contributed by atoms with Crippen molar-refractivity contribution in [1.29, 1.82) is 0 Å². The van der Waals surface area contributed by atoms with Crippen LogP contribution in [0.25, 0.3) is 0 Å². The number of methoxy groups -OCH3 is 2. The minimum absolute atomic E-state index is 0.495. The third kappa shape index (κ3) is 2.86. The monoisotopic (exact) mass is 266 g/mol. The van der Waals surface area contributed by atoms with Crippen LogP contribution >= 0.6 is 0 Å². The number of hydrogen-bond acceptors (Lipinski definition) is 5. The number of carbonyl (C=O) groups is 2. The second-order valence-corrected chi connectivity index (χ2v) is 4.07. The lowest BCUT2D eigenvalue weighted by molar-refractivity contribution is -0.160. The van der Waals surface area contributed by atoms with Crippen LogP contribution in [0.5, 0.6) is 5.75 Å². The Hall–Kier alpha value is -2.04. The standard InChI is InChI=1S/C14H18O5/c1-5-19-11-8-6-10(7-9-11)14(2,12(15)17-3)13(16)18-4/h6-9H,5H2,1-4H3. The van der Waals surface area contributed by atoms with Gasteiger partial charge in [0.15, 0.2) is 5.41 Å². The van der Waals surface area contributed by atoms with Gasteiger partial charge in [0.25, 0.3) is 0 Å². The third-order valence-corrected chi connectivity index (χ3v) is 2.93. The second-order valence-electron chi connectivity index (χ2n) is 4.07. The van der Waals surface area contributed by atoms with Crippen molar-refractivity contribution in [3.05, 3.63) is 29.8 Å². The van der Waals surface area contributed by atoms with E-state index in [4.69, 9.17) is 14.2 Å². The van der Waals surface area contributed by atoms with Crippen LogP contribution in [-0.2, 0) is 24.5 Å². The highest BCUT2D eigenvalue weighted by atomic mass is 16.5. The Morgan fingerprint density at radius 2 is 1.53 bits per heavy atom. The SMILES string of the molecule is CCOc1ccc(C(C)(C(=O)OC)C(=O)OC)cc1. The van der Waals surface area contributed by atoms with Crippen LogP contribution in [0, 0.1) is 0 Å². The predicted octanol–water partition coefficient (Wildman–Crippen LogP) is 1.69. The summed E-state index contributed by atoms with van der Waals surface area (Å²) in [7, 11) is 2.47. The molecule has 0 radical (unpaired) electrons. The van der Waals surface area contributed by atoms with Crippen molar-refractivity contribution >= 4 is 11.9 Å². The largest absolute Gasteiger partial charge is 0.494 e. The fourth-order valence-corrected chi connectivity index (χ4v) is 1.78. The Morgan fingerprint density at radius 3 is 1.89 bits per heavy atom. The highest BCUT2D eigenvalue weighted by Gasteiger charge is 2.45. The Labute approximate surface area is 112 Å². The molecule has 0 aliphatic heterocycles. The Bertz CT molecular complexity index is 433. The second kappa shape index (κ2) is 6.22. The number of benzene rings is 1. The minimum atomic E-state index is -1.48. The van der Waals surface area contributed by atoms with Crippen molar-refractivity contribution in [3.63, 3.8) is 0 Å². The molecule has 0 aliphatic carbocycles. The molecular formula is C14H18O5. The fraction of sp³-hybridized carbons (Fsp3) is 0.429. The van der Waals surface area contributed by atoms with E-state index < -0.39 is 17.4 Å². The van der Waals surface area contributed by atoms with Crippen molar-refractivity contribution in [1.82, 2.24) is 0 Å². The van der Waals surface area contributed by atoms with E-state index in [1.165, 1.54) is 21.1 Å². The average molecular weight is 266 g/mol. The van der Waals surface area contributed by atoms with Crippen molar-refractivity contribution in [2.75, 3.05) is 20.8 Å². The first kappa shape index (κ1) is 15.0. The Morgan fingerprint density at radius 1 is 1.05 bits per heavy atom. The van der Waals surface area contributed by atoms with Crippen molar-refractivity contribution in [3.8, 4) is 5.75 Å². The molecule has 0 saturated carbocycles. The summed E-state index contributed by atoms with van der Waals surface area (Å²) in [6, 6.07) is 6.70. The predicted molar refractivity (Wildman–Crippen MR) is 69.0 cm³/mol. The summed E-state index contributed by atoms with van der Waals surface area (Å²) in [5.41, 5.74) is -0.983. The summed E-state index contributed by atoms with van der Waals surface area (Å²) >= 11 is 0. The maximum Gasteiger partial charge on any atom is 0.327 e. The van der Waals surface area contributed by atoms with Crippen molar-refractivity contribution < 1.29 is 23.8 Å². The molecule has 0 spiro atoms. The number of ether oxygens (including phenoxy) is 3. The molecule has 104 valence electrons. The van der Waals surface area contributed by atoms with Gasteiger partial charge in [-0.25, -0.2) is 0 Å². The van der Waals surface area contributed by atoms with Crippen LogP contribution in [0.4, 0.5) is 0 Å². The molecule has 0 bridgehead atoms. The number of hydrogen-bond donors (Lipinski definition) is 0. The van der Waals surface area contributed by atoms with Crippen LogP contribution in [0.3, 0.4) is 0 Å². The lowest BCUT2D eigenvalue weighted by atomic mass is 9.82. The fourth-order valence-electron chi connectivity index (χ4n) is 1.78. The average Bonchev–Trinajstić information content (AvgIpc) is 2.45. The van der Waals surface area contributed by atoms with Gasteiger partial charge in [0.2, 0.25) is 0 Å². The van der Waals surface area contributed by atoms with E-state index >= 15 is 0 Å². The number of carbonyl (C=O) groups excluding carboxylic acids is 2. The molecular weight excluding hydrogens is 248 g/mol. The van der Waals surface area contributed by atoms with Crippen molar-refractivity contribution in [2.45, 2.75) is 19.3 Å². The van der Waals surface area contributed by atoms with E-state index in [2.05, 4.69) is 0 Å². The highest BCUT2D eigenvalue weighted by Crippen LogP contribution is 2.28. The molecule has 1 aromatic carbocycles. The lowest BCUT2D eigenvalue weighted by Gasteiger charge is -2.24. The molecule has 5 nitrogen and oxygen atoms in total. The molecule has 0 N–H and O–H groups in total.